The van der Waals surface area contributed by atoms with Crippen LogP contribution in [0.5, 0.6) is 5.75 Å². The summed E-state index contributed by atoms with van der Waals surface area (Å²) < 4.78 is 13.8. The Morgan fingerprint density at radius 3 is 2.50 bits per heavy atom. The molecule has 0 bridgehead atoms. The van der Waals surface area contributed by atoms with Crippen molar-refractivity contribution in [3.8, 4) is 11.4 Å². The van der Waals surface area contributed by atoms with Crippen molar-refractivity contribution in [2.45, 2.75) is 25.9 Å². The largest absolute Gasteiger partial charge is 0.495 e. The number of nitrogens with one attached hydrogen (secondary N) is 2. The number of aryl methyl sites for hydroxylation is 1. The molecule has 1 aliphatic rings. The normalized spacial score (nSPS) is 16.6. The van der Waals surface area contributed by atoms with Gasteiger partial charge in [0.15, 0.2) is 5.11 Å². The van der Waals surface area contributed by atoms with Gasteiger partial charge in [0.2, 0.25) is 5.91 Å². The quantitative estimate of drug-likeness (QED) is 0.233. The summed E-state index contributed by atoms with van der Waals surface area (Å²) in [5.41, 5.74) is 6.62. The summed E-state index contributed by atoms with van der Waals surface area (Å²) in [4.78, 5) is 19.2. The van der Waals surface area contributed by atoms with Crippen molar-refractivity contribution in [3.63, 3.8) is 0 Å². The first-order chi connectivity index (χ1) is 19.3. The van der Waals surface area contributed by atoms with Gasteiger partial charge in [-0.3, -0.25) is 9.78 Å². The van der Waals surface area contributed by atoms with Crippen LogP contribution in [-0.4, -0.2) is 41.4 Å². The van der Waals surface area contributed by atoms with Gasteiger partial charge in [-0.1, -0.05) is 22.0 Å². The Kier molecular flexibility index (Phi) is 8.20. The van der Waals surface area contributed by atoms with Crippen molar-refractivity contribution in [2.24, 2.45) is 0 Å². The molecule has 40 heavy (non-hydrogen) atoms. The second-order valence-corrected chi connectivity index (χ2v) is 10.8. The van der Waals surface area contributed by atoms with Gasteiger partial charge in [0.25, 0.3) is 0 Å². The Bertz CT molecular complexity index is 1540. The third kappa shape index (κ3) is 5.34. The van der Waals surface area contributed by atoms with E-state index in [2.05, 4.69) is 73.1 Å². The molecule has 0 radical (unpaired) electrons. The first kappa shape index (κ1) is 27.8. The minimum atomic E-state index is -0.277. The number of carbonyl (C=O) groups excluding carboxylic acids is 1. The summed E-state index contributed by atoms with van der Waals surface area (Å²) in [7, 11) is 3.05. The lowest BCUT2D eigenvalue weighted by atomic mass is 9.96. The number of methoxy groups -OCH3 is 2. The topological polar surface area (TPSA) is 80.7 Å². The van der Waals surface area contributed by atoms with E-state index in [1.54, 1.807) is 13.3 Å². The van der Waals surface area contributed by atoms with E-state index in [9.17, 15) is 4.79 Å². The first-order valence-corrected chi connectivity index (χ1v) is 13.9. The second-order valence-electron chi connectivity index (χ2n) is 9.50. The molecular weight excluding hydrogens is 590 g/mol. The third-order valence-corrected chi connectivity index (χ3v) is 7.83. The number of carbonyl (C=O) groups is 1. The summed E-state index contributed by atoms with van der Waals surface area (Å²) >= 11 is 9.48. The number of benzene rings is 2. The predicted molar refractivity (Wildman–Crippen MR) is 164 cm³/mol. The zero-order valence-corrected chi connectivity index (χ0v) is 25.0. The van der Waals surface area contributed by atoms with Gasteiger partial charge in [-0.25, -0.2) is 0 Å². The van der Waals surface area contributed by atoms with E-state index >= 15 is 0 Å². The molecule has 0 unspecified atom stereocenters. The van der Waals surface area contributed by atoms with E-state index < -0.39 is 0 Å². The minimum absolute atomic E-state index is 0.0660. The maximum atomic E-state index is 12.4. The van der Waals surface area contributed by atoms with Crippen molar-refractivity contribution in [2.75, 3.05) is 31.0 Å². The number of rotatable bonds is 8. The van der Waals surface area contributed by atoms with Crippen LogP contribution >= 0.6 is 28.1 Å². The lowest BCUT2D eigenvalue weighted by molar-refractivity contribution is -0.119. The van der Waals surface area contributed by atoms with Crippen LogP contribution in [0, 0.1) is 13.8 Å². The van der Waals surface area contributed by atoms with Gasteiger partial charge >= 0.3 is 0 Å². The molecule has 8 nitrogen and oxygen atoms in total. The Hall–Kier alpha value is -3.73. The Morgan fingerprint density at radius 2 is 1.82 bits per heavy atom. The Balaban J connectivity index is 1.64. The zero-order valence-electron chi connectivity index (χ0n) is 22.6. The van der Waals surface area contributed by atoms with Crippen molar-refractivity contribution in [3.05, 3.63) is 100 Å². The van der Waals surface area contributed by atoms with Crippen molar-refractivity contribution in [1.82, 2.24) is 14.9 Å². The SMILES string of the molecule is COCC(=O)Nc1cc(N2C(=S)N[C@@H](c3ccccn3)[C@H]2c2cc(C)n(-c3ccc(Br)cc3)c2C)ccc1OC. The fourth-order valence-corrected chi connectivity index (χ4v) is 5.89. The van der Waals surface area contributed by atoms with Crippen molar-refractivity contribution >= 4 is 50.5 Å². The predicted octanol–water partition coefficient (Wildman–Crippen LogP) is 6.02. The molecule has 5 rings (SSSR count). The number of hydrogen-bond acceptors (Lipinski definition) is 5. The van der Waals surface area contributed by atoms with E-state index in [4.69, 9.17) is 21.7 Å². The highest BCUT2D eigenvalue weighted by Crippen LogP contribution is 2.45. The second kappa shape index (κ2) is 11.8. The number of amides is 1. The molecule has 0 spiro atoms. The number of thiocarbonyl (C=S) groups is 1. The Labute approximate surface area is 247 Å². The van der Waals surface area contributed by atoms with E-state index in [1.807, 2.05) is 48.5 Å². The van der Waals surface area contributed by atoms with Gasteiger partial charge in [0.1, 0.15) is 12.4 Å². The number of nitrogens with zero attached hydrogens (tertiary/aromatic N) is 3. The molecule has 2 N–H and O–H groups in total. The lowest BCUT2D eigenvalue weighted by Crippen LogP contribution is -2.29. The summed E-state index contributed by atoms with van der Waals surface area (Å²) in [6.07, 6.45) is 1.79. The molecule has 1 amide bonds. The lowest BCUT2D eigenvalue weighted by Gasteiger charge is -2.29. The molecule has 1 aliphatic heterocycles. The number of anilines is 2. The van der Waals surface area contributed by atoms with Gasteiger partial charge < -0.3 is 29.6 Å². The van der Waals surface area contributed by atoms with Crippen LogP contribution in [0.3, 0.4) is 0 Å². The molecule has 2 aromatic heterocycles. The number of aromatic nitrogens is 2. The van der Waals surface area contributed by atoms with Gasteiger partial charge in [-0.05, 0) is 92.3 Å². The molecule has 2 aromatic carbocycles. The summed E-state index contributed by atoms with van der Waals surface area (Å²) in [5.74, 6) is 0.263. The van der Waals surface area contributed by atoms with Crippen LogP contribution < -0.4 is 20.3 Å². The smallest absolute Gasteiger partial charge is 0.250 e. The molecular formula is C30H30BrN5O3S. The van der Waals surface area contributed by atoms with E-state index in [1.165, 1.54) is 7.11 Å². The highest BCUT2D eigenvalue weighted by atomic mass is 79.9. The number of ether oxygens (including phenoxy) is 2. The van der Waals surface area contributed by atoms with Gasteiger partial charge in [0.05, 0.1) is 30.6 Å². The third-order valence-electron chi connectivity index (χ3n) is 6.98. The van der Waals surface area contributed by atoms with Crippen LogP contribution in [0.25, 0.3) is 5.69 Å². The van der Waals surface area contributed by atoms with Gasteiger partial charge in [-0.15, -0.1) is 0 Å². The summed E-state index contributed by atoms with van der Waals surface area (Å²) in [6.45, 7) is 4.17. The maximum absolute atomic E-state index is 12.4. The highest BCUT2D eigenvalue weighted by molar-refractivity contribution is 9.10. The zero-order chi connectivity index (χ0) is 28.4. The van der Waals surface area contributed by atoms with E-state index in [0.717, 1.165) is 38.5 Å². The van der Waals surface area contributed by atoms with Crippen molar-refractivity contribution in [1.29, 1.82) is 0 Å². The van der Waals surface area contributed by atoms with Crippen LogP contribution in [0.4, 0.5) is 11.4 Å². The molecule has 4 aromatic rings. The molecule has 2 atom stereocenters. The highest BCUT2D eigenvalue weighted by Gasteiger charge is 2.42. The molecule has 0 saturated carbocycles. The molecule has 10 heteroatoms. The minimum Gasteiger partial charge on any atom is -0.495 e. The van der Waals surface area contributed by atoms with Gasteiger partial charge in [-0.2, -0.15) is 0 Å². The molecule has 206 valence electrons. The molecule has 1 saturated heterocycles. The van der Waals surface area contributed by atoms with E-state index in [0.29, 0.717) is 16.5 Å². The summed E-state index contributed by atoms with van der Waals surface area (Å²) in [6, 6.07) is 21.6. The maximum Gasteiger partial charge on any atom is 0.250 e. The fraction of sp³-hybridized carbons (Fsp3) is 0.233. The van der Waals surface area contributed by atoms with Crippen LogP contribution in [0.1, 0.15) is 34.7 Å². The standard InChI is InChI=1S/C30H30BrN5O3S/c1-18-15-23(19(2)35(18)21-10-8-20(31)9-11-21)29-28(24-7-5-6-14-32-24)34-30(40)36(29)22-12-13-26(39-4)25(16-22)33-27(37)17-38-3/h5-16,28-29H,17H2,1-4H3,(H,33,37)(H,34,40)/t28-,29+/m0/s1. The Morgan fingerprint density at radius 1 is 1.07 bits per heavy atom. The van der Waals surface area contributed by atoms with Crippen LogP contribution in [-0.2, 0) is 9.53 Å². The molecule has 1 fully saturated rings. The van der Waals surface area contributed by atoms with Crippen molar-refractivity contribution < 1.29 is 14.3 Å². The fourth-order valence-electron chi connectivity index (χ4n) is 5.28. The molecule has 0 aliphatic carbocycles. The van der Waals surface area contributed by atoms with Gasteiger partial charge in [0, 0.05) is 40.5 Å². The average molecular weight is 621 g/mol. The summed E-state index contributed by atoms with van der Waals surface area (Å²) in [5, 5.41) is 6.97. The number of pyridine rings is 1. The average Bonchev–Trinajstić information content (AvgIpc) is 3.44. The van der Waals surface area contributed by atoms with E-state index in [-0.39, 0.29) is 24.6 Å². The first-order valence-electron chi connectivity index (χ1n) is 12.7. The monoisotopic (exact) mass is 619 g/mol. The number of hydrogen-bond donors (Lipinski definition) is 2. The van der Waals surface area contributed by atoms with Crippen LogP contribution in [0.15, 0.2) is 77.4 Å². The molecule has 3 heterocycles. The van der Waals surface area contributed by atoms with Crippen LogP contribution in [0.2, 0.25) is 0 Å². The number of halogens is 1.